The fraction of sp³-hybridized carbons (Fsp3) is 0.421. The van der Waals surface area contributed by atoms with Crippen LogP contribution in [-0.2, 0) is 13.6 Å². The molecule has 0 radical (unpaired) electrons. The minimum atomic E-state index is -0.856. The molecule has 2 N–H and O–H groups in total. The van der Waals surface area contributed by atoms with Gasteiger partial charge in [-0.05, 0) is 18.6 Å². The van der Waals surface area contributed by atoms with E-state index in [2.05, 4.69) is 23.8 Å². The van der Waals surface area contributed by atoms with Crippen molar-refractivity contribution in [3.8, 4) is 5.75 Å². The quantitative estimate of drug-likeness (QED) is 0.555. The number of fused-ring (bicyclic) bond motifs is 1. The summed E-state index contributed by atoms with van der Waals surface area (Å²) < 4.78 is 8.59. The summed E-state index contributed by atoms with van der Waals surface area (Å²) in [6, 6.07) is 9.21. The molecule has 0 spiro atoms. The van der Waals surface area contributed by atoms with Crippen molar-refractivity contribution < 1.29 is 9.84 Å². The summed E-state index contributed by atoms with van der Waals surface area (Å²) in [5, 5.41) is 11.4. The SMILES string of the molecule is CC[C@H](C)Sc1nc2c(c(=O)[nH]c(=O)n2C)n1C[C@H](O)COc1ccccc1. The lowest BCUT2D eigenvalue weighted by Gasteiger charge is -2.16. The average Bonchev–Trinajstić information content (AvgIpc) is 3.03. The molecule has 0 fully saturated rings. The second kappa shape index (κ2) is 8.66. The van der Waals surface area contributed by atoms with Gasteiger partial charge in [-0.1, -0.05) is 43.8 Å². The molecule has 3 rings (SSSR count). The molecule has 8 nitrogen and oxygen atoms in total. The van der Waals surface area contributed by atoms with E-state index in [0.717, 1.165) is 6.42 Å². The summed E-state index contributed by atoms with van der Waals surface area (Å²) >= 11 is 1.51. The van der Waals surface area contributed by atoms with Crippen LogP contribution < -0.4 is 16.0 Å². The van der Waals surface area contributed by atoms with Crippen LogP contribution in [0.25, 0.3) is 11.2 Å². The number of ether oxygens (including phenoxy) is 1. The molecule has 0 bridgehead atoms. The maximum atomic E-state index is 12.5. The first-order valence-electron chi connectivity index (χ1n) is 9.12. The normalized spacial score (nSPS) is 13.6. The molecule has 0 aliphatic heterocycles. The first-order valence-corrected chi connectivity index (χ1v) is 10.0. The molecule has 9 heteroatoms. The van der Waals surface area contributed by atoms with Crippen molar-refractivity contribution in [2.45, 2.75) is 43.3 Å². The van der Waals surface area contributed by atoms with Crippen molar-refractivity contribution in [1.29, 1.82) is 0 Å². The predicted molar refractivity (Wildman–Crippen MR) is 109 cm³/mol. The Bertz CT molecular complexity index is 1060. The zero-order valence-electron chi connectivity index (χ0n) is 16.1. The highest BCUT2D eigenvalue weighted by atomic mass is 32.2. The van der Waals surface area contributed by atoms with Crippen LogP contribution in [0.5, 0.6) is 5.75 Å². The maximum Gasteiger partial charge on any atom is 0.329 e. The molecule has 2 aromatic heterocycles. The third-order valence-corrected chi connectivity index (χ3v) is 5.69. The number of imidazole rings is 1. The number of aryl methyl sites for hydroxylation is 1. The number of aromatic amines is 1. The van der Waals surface area contributed by atoms with E-state index >= 15 is 0 Å². The van der Waals surface area contributed by atoms with Crippen LogP contribution in [0, 0.1) is 0 Å². The number of para-hydroxylation sites is 1. The number of rotatable bonds is 8. The molecule has 0 saturated carbocycles. The van der Waals surface area contributed by atoms with Crippen molar-refractivity contribution in [2.75, 3.05) is 6.61 Å². The predicted octanol–water partition coefficient (Wildman–Crippen LogP) is 1.75. The molecule has 0 aliphatic rings. The monoisotopic (exact) mass is 404 g/mol. The smallest absolute Gasteiger partial charge is 0.329 e. The van der Waals surface area contributed by atoms with E-state index in [1.54, 1.807) is 11.6 Å². The van der Waals surface area contributed by atoms with Crippen molar-refractivity contribution in [1.82, 2.24) is 19.1 Å². The number of benzene rings is 1. The molecule has 0 aliphatic carbocycles. The number of H-pyrrole nitrogens is 1. The zero-order chi connectivity index (χ0) is 20.3. The van der Waals surface area contributed by atoms with Gasteiger partial charge in [0.05, 0.1) is 6.54 Å². The van der Waals surface area contributed by atoms with Crippen molar-refractivity contribution in [2.24, 2.45) is 7.05 Å². The van der Waals surface area contributed by atoms with Gasteiger partial charge in [-0.15, -0.1) is 0 Å². The summed E-state index contributed by atoms with van der Waals surface area (Å²) in [6.45, 7) is 4.33. The van der Waals surface area contributed by atoms with E-state index in [4.69, 9.17) is 4.74 Å². The number of nitrogens with zero attached hydrogens (tertiary/aromatic N) is 3. The Morgan fingerprint density at radius 2 is 2.00 bits per heavy atom. The number of hydrogen-bond donors (Lipinski definition) is 2. The number of aliphatic hydroxyl groups excluding tert-OH is 1. The van der Waals surface area contributed by atoms with E-state index < -0.39 is 17.4 Å². The van der Waals surface area contributed by atoms with Crippen LogP contribution >= 0.6 is 11.8 Å². The van der Waals surface area contributed by atoms with E-state index in [9.17, 15) is 14.7 Å². The Balaban J connectivity index is 1.93. The number of aromatic nitrogens is 4. The lowest BCUT2D eigenvalue weighted by Crippen LogP contribution is -2.30. The fourth-order valence-electron chi connectivity index (χ4n) is 2.71. The number of hydrogen-bond acceptors (Lipinski definition) is 6. The molecule has 28 heavy (non-hydrogen) atoms. The summed E-state index contributed by atoms with van der Waals surface area (Å²) in [4.78, 5) is 31.2. The highest BCUT2D eigenvalue weighted by Crippen LogP contribution is 2.27. The van der Waals surface area contributed by atoms with Gasteiger partial charge < -0.3 is 14.4 Å². The third kappa shape index (κ3) is 4.31. The van der Waals surface area contributed by atoms with Gasteiger partial charge in [-0.3, -0.25) is 14.3 Å². The van der Waals surface area contributed by atoms with Crippen LogP contribution in [0.1, 0.15) is 20.3 Å². The number of nitrogens with one attached hydrogen (secondary N) is 1. The first-order chi connectivity index (χ1) is 13.4. The molecule has 0 saturated heterocycles. The zero-order valence-corrected chi connectivity index (χ0v) is 16.9. The minimum Gasteiger partial charge on any atom is -0.491 e. The van der Waals surface area contributed by atoms with Gasteiger partial charge >= 0.3 is 5.69 Å². The van der Waals surface area contributed by atoms with E-state index in [1.165, 1.54) is 16.3 Å². The molecule has 1 aromatic carbocycles. The van der Waals surface area contributed by atoms with Gasteiger partial charge in [0, 0.05) is 12.3 Å². The van der Waals surface area contributed by atoms with Crippen molar-refractivity contribution in [3.63, 3.8) is 0 Å². The summed E-state index contributed by atoms with van der Waals surface area (Å²) in [5.74, 6) is 0.659. The maximum absolute atomic E-state index is 12.5. The first kappa shape index (κ1) is 20.2. The highest BCUT2D eigenvalue weighted by molar-refractivity contribution is 7.99. The van der Waals surface area contributed by atoms with Gasteiger partial charge in [0.1, 0.15) is 18.5 Å². The van der Waals surface area contributed by atoms with Crippen LogP contribution in [0.15, 0.2) is 45.1 Å². The molecular formula is C19H24N4O4S. The van der Waals surface area contributed by atoms with E-state index in [-0.39, 0.29) is 23.9 Å². The lowest BCUT2D eigenvalue weighted by atomic mass is 10.3. The van der Waals surface area contributed by atoms with Gasteiger partial charge in [-0.25, -0.2) is 9.78 Å². The molecule has 0 unspecified atom stereocenters. The standard InChI is InChI=1S/C19H24N4O4S/c1-4-12(2)28-19-20-16-15(17(25)21-18(26)22(16)3)23(19)10-13(24)11-27-14-8-6-5-7-9-14/h5-9,12-13,24H,4,10-11H2,1-3H3,(H,21,25,26)/t12-,13-/m0/s1. The van der Waals surface area contributed by atoms with Gasteiger partial charge in [0.2, 0.25) is 0 Å². The second-order valence-electron chi connectivity index (χ2n) is 6.61. The van der Waals surface area contributed by atoms with E-state index in [0.29, 0.717) is 16.6 Å². The Morgan fingerprint density at radius 3 is 2.68 bits per heavy atom. The fourth-order valence-corrected chi connectivity index (χ4v) is 3.67. The minimum absolute atomic E-state index is 0.0702. The Morgan fingerprint density at radius 1 is 1.29 bits per heavy atom. The van der Waals surface area contributed by atoms with Crippen LogP contribution in [0.3, 0.4) is 0 Å². The molecule has 150 valence electrons. The Labute approximate surface area is 166 Å². The van der Waals surface area contributed by atoms with E-state index in [1.807, 2.05) is 30.3 Å². The van der Waals surface area contributed by atoms with Crippen LogP contribution in [0.4, 0.5) is 0 Å². The van der Waals surface area contributed by atoms with Crippen molar-refractivity contribution in [3.05, 3.63) is 51.2 Å². The van der Waals surface area contributed by atoms with Crippen LogP contribution in [0.2, 0.25) is 0 Å². The van der Waals surface area contributed by atoms with Gasteiger partial charge in [-0.2, -0.15) is 0 Å². The van der Waals surface area contributed by atoms with Crippen LogP contribution in [-0.4, -0.2) is 42.2 Å². The van der Waals surface area contributed by atoms with Gasteiger partial charge in [0.15, 0.2) is 16.3 Å². The molecule has 3 aromatic rings. The highest BCUT2D eigenvalue weighted by Gasteiger charge is 2.21. The molecule has 2 heterocycles. The van der Waals surface area contributed by atoms with Gasteiger partial charge in [0.25, 0.3) is 5.56 Å². The molecular weight excluding hydrogens is 380 g/mol. The number of aliphatic hydroxyl groups is 1. The molecule has 2 atom stereocenters. The summed E-state index contributed by atoms with van der Waals surface area (Å²) in [6.07, 6.45) is 0.0635. The molecule has 0 amide bonds. The number of thioether (sulfide) groups is 1. The average molecular weight is 404 g/mol. The Hall–Kier alpha value is -2.52. The third-order valence-electron chi connectivity index (χ3n) is 4.43. The summed E-state index contributed by atoms with van der Waals surface area (Å²) in [5.41, 5.74) is -0.463. The largest absolute Gasteiger partial charge is 0.491 e. The van der Waals surface area contributed by atoms with Crippen molar-refractivity contribution >= 4 is 22.9 Å². The second-order valence-corrected chi connectivity index (χ2v) is 8.02. The summed E-state index contributed by atoms with van der Waals surface area (Å²) in [7, 11) is 1.56. The Kier molecular flexibility index (Phi) is 6.25. The topological polar surface area (TPSA) is 102 Å². The lowest BCUT2D eigenvalue weighted by molar-refractivity contribution is 0.0913.